The molecule has 2 aromatic heterocycles. The molecule has 0 aliphatic carbocycles. The van der Waals surface area contributed by atoms with Crippen LogP contribution in [0.5, 0.6) is 23.1 Å². The zero-order valence-corrected chi connectivity index (χ0v) is 21.4. The maximum Gasteiger partial charge on any atom is 0.230 e. The normalized spacial score (nSPS) is 15.3. The fourth-order valence-electron chi connectivity index (χ4n) is 4.70. The molecule has 0 spiro atoms. The number of methoxy groups -OCH3 is 3. The number of aromatic nitrogens is 3. The number of ether oxygens (including phenoxy) is 3. The Morgan fingerprint density at radius 1 is 0.972 bits per heavy atom. The summed E-state index contributed by atoms with van der Waals surface area (Å²) < 4.78 is 31.6. The van der Waals surface area contributed by atoms with Crippen LogP contribution in [0.1, 0.15) is 22.3 Å². The van der Waals surface area contributed by atoms with Gasteiger partial charge in [-0.2, -0.15) is 4.52 Å². The second kappa shape index (κ2) is 9.82. The molecule has 2 aromatic carbocycles. The Kier molecular flexibility index (Phi) is 6.59. The summed E-state index contributed by atoms with van der Waals surface area (Å²) in [5.41, 5.74) is 1.87. The van der Waals surface area contributed by atoms with E-state index in [1.54, 1.807) is 40.4 Å². The quantitative estimate of drug-likeness (QED) is 0.399. The average Bonchev–Trinajstić information content (AvgIpc) is 3.41. The molecule has 1 aliphatic heterocycles. The maximum absolute atomic E-state index is 13.4. The number of nitrogens with zero attached hydrogens (tertiary/aromatic N) is 5. The minimum Gasteiger partial charge on any atom is -0.493 e. The van der Waals surface area contributed by atoms with Crippen LogP contribution in [0.25, 0.3) is 4.96 Å². The van der Waals surface area contributed by atoms with Crippen molar-refractivity contribution < 1.29 is 23.7 Å². The van der Waals surface area contributed by atoms with Gasteiger partial charge in [-0.25, -0.2) is 9.37 Å². The van der Waals surface area contributed by atoms with Crippen molar-refractivity contribution in [2.24, 2.45) is 0 Å². The van der Waals surface area contributed by atoms with Crippen LogP contribution < -0.4 is 19.1 Å². The molecule has 36 heavy (non-hydrogen) atoms. The van der Waals surface area contributed by atoms with Crippen LogP contribution in [0, 0.1) is 12.7 Å². The molecule has 11 heteroatoms. The predicted octanol–water partition coefficient (Wildman–Crippen LogP) is 3.88. The number of benzene rings is 2. The van der Waals surface area contributed by atoms with Crippen molar-refractivity contribution in [3.05, 3.63) is 58.5 Å². The van der Waals surface area contributed by atoms with Gasteiger partial charge in [0, 0.05) is 31.9 Å². The highest BCUT2D eigenvalue weighted by Gasteiger charge is 2.33. The van der Waals surface area contributed by atoms with E-state index in [9.17, 15) is 9.50 Å². The van der Waals surface area contributed by atoms with E-state index in [-0.39, 0.29) is 17.7 Å². The van der Waals surface area contributed by atoms with E-state index < -0.39 is 0 Å². The molecule has 0 unspecified atom stereocenters. The lowest BCUT2D eigenvalue weighted by Crippen LogP contribution is -2.47. The zero-order valence-electron chi connectivity index (χ0n) is 20.6. The van der Waals surface area contributed by atoms with E-state index >= 15 is 0 Å². The Hall–Kier alpha value is -3.57. The Bertz CT molecular complexity index is 1340. The Morgan fingerprint density at radius 3 is 2.17 bits per heavy atom. The molecule has 1 N–H and O–H groups in total. The van der Waals surface area contributed by atoms with Crippen LogP contribution in [-0.2, 0) is 0 Å². The molecule has 190 valence electrons. The number of halogens is 1. The molecule has 0 radical (unpaired) electrons. The van der Waals surface area contributed by atoms with E-state index in [4.69, 9.17) is 14.2 Å². The monoisotopic (exact) mass is 513 g/mol. The highest BCUT2D eigenvalue weighted by Crippen LogP contribution is 2.45. The molecule has 5 rings (SSSR count). The van der Waals surface area contributed by atoms with Gasteiger partial charge in [0.2, 0.25) is 16.6 Å². The number of piperazine rings is 1. The van der Waals surface area contributed by atoms with Crippen molar-refractivity contribution in [3.8, 4) is 23.1 Å². The summed E-state index contributed by atoms with van der Waals surface area (Å²) >= 11 is 1.41. The first-order valence-corrected chi connectivity index (χ1v) is 12.3. The lowest BCUT2D eigenvalue weighted by Gasteiger charge is -2.40. The smallest absolute Gasteiger partial charge is 0.230 e. The third-order valence-corrected chi connectivity index (χ3v) is 7.50. The van der Waals surface area contributed by atoms with Crippen molar-refractivity contribution >= 4 is 22.0 Å². The van der Waals surface area contributed by atoms with Gasteiger partial charge in [0.25, 0.3) is 0 Å². The summed E-state index contributed by atoms with van der Waals surface area (Å²) in [5.74, 6) is 2.00. The van der Waals surface area contributed by atoms with Gasteiger partial charge in [-0.05, 0) is 48.9 Å². The van der Waals surface area contributed by atoms with Gasteiger partial charge < -0.3 is 24.2 Å². The van der Waals surface area contributed by atoms with Crippen LogP contribution >= 0.6 is 11.3 Å². The number of rotatable bonds is 7. The molecule has 1 fully saturated rings. The van der Waals surface area contributed by atoms with Gasteiger partial charge in [-0.1, -0.05) is 11.3 Å². The van der Waals surface area contributed by atoms with Crippen LogP contribution in [-0.4, -0.2) is 72.1 Å². The number of hydrogen-bond acceptors (Lipinski definition) is 9. The zero-order chi connectivity index (χ0) is 25.4. The standard InChI is InChI=1S/C25H28FN5O4S/c1-15-27-25-31(28-15)24(32)23(36-25)21(16-13-19(33-2)22(35-4)20(14-16)34-3)30-11-9-29(10-12-30)18-7-5-17(26)6-8-18/h5-8,13-14,21,32H,9-12H2,1-4H3/t21-/m0/s1. The molecular formula is C25H28FN5O4S. The molecule has 3 heterocycles. The summed E-state index contributed by atoms with van der Waals surface area (Å²) in [5, 5.41) is 15.5. The number of hydrogen-bond donors (Lipinski definition) is 1. The second-order valence-corrected chi connectivity index (χ2v) is 9.51. The van der Waals surface area contributed by atoms with E-state index in [2.05, 4.69) is 19.9 Å². The largest absolute Gasteiger partial charge is 0.493 e. The van der Waals surface area contributed by atoms with Gasteiger partial charge in [0.05, 0.1) is 32.2 Å². The van der Waals surface area contributed by atoms with Crippen molar-refractivity contribution in [1.29, 1.82) is 0 Å². The number of aryl methyl sites for hydroxylation is 1. The third-order valence-electron chi connectivity index (χ3n) is 6.43. The number of aromatic hydroxyl groups is 1. The molecule has 1 atom stereocenters. The Labute approximate surface area is 212 Å². The summed E-state index contributed by atoms with van der Waals surface area (Å²) in [6, 6.07) is 10.1. The average molecular weight is 514 g/mol. The molecule has 0 amide bonds. The lowest BCUT2D eigenvalue weighted by atomic mass is 10.0. The molecule has 9 nitrogen and oxygen atoms in total. The van der Waals surface area contributed by atoms with Crippen molar-refractivity contribution in [1.82, 2.24) is 19.5 Å². The van der Waals surface area contributed by atoms with Crippen molar-refractivity contribution in [2.75, 3.05) is 52.4 Å². The van der Waals surface area contributed by atoms with Crippen LogP contribution in [0.4, 0.5) is 10.1 Å². The fourth-order valence-corrected chi connectivity index (χ4v) is 5.87. The summed E-state index contributed by atoms with van der Waals surface area (Å²) in [6.07, 6.45) is 0. The number of thiazole rings is 1. The first kappa shape index (κ1) is 24.1. The van der Waals surface area contributed by atoms with Gasteiger partial charge in [-0.15, -0.1) is 5.10 Å². The van der Waals surface area contributed by atoms with Crippen molar-refractivity contribution in [2.45, 2.75) is 13.0 Å². The second-order valence-electron chi connectivity index (χ2n) is 8.50. The number of anilines is 1. The van der Waals surface area contributed by atoms with Gasteiger partial charge >= 0.3 is 0 Å². The van der Waals surface area contributed by atoms with Crippen LogP contribution in [0.3, 0.4) is 0 Å². The highest BCUT2D eigenvalue weighted by atomic mass is 32.1. The van der Waals surface area contributed by atoms with Crippen molar-refractivity contribution in [3.63, 3.8) is 0 Å². The molecule has 1 saturated heterocycles. The summed E-state index contributed by atoms with van der Waals surface area (Å²) in [7, 11) is 4.74. The fraction of sp³-hybridized carbons (Fsp3) is 0.360. The molecule has 0 bridgehead atoms. The van der Waals surface area contributed by atoms with Gasteiger partial charge in [-0.3, -0.25) is 4.90 Å². The minimum absolute atomic E-state index is 0.0651. The summed E-state index contributed by atoms with van der Waals surface area (Å²) in [4.78, 5) is 10.3. The van der Waals surface area contributed by atoms with Crippen LogP contribution in [0.2, 0.25) is 0 Å². The molecule has 1 aliphatic rings. The highest BCUT2D eigenvalue weighted by molar-refractivity contribution is 7.17. The Balaban J connectivity index is 1.55. The molecule has 0 saturated carbocycles. The van der Waals surface area contributed by atoms with E-state index in [0.717, 1.165) is 29.2 Å². The number of fused-ring (bicyclic) bond motifs is 1. The van der Waals surface area contributed by atoms with E-state index in [1.165, 1.54) is 28.0 Å². The predicted molar refractivity (Wildman–Crippen MR) is 135 cm³/mol. The maximum atomic E-state index is 13.4. The van der Waals surface area contributed by atoms with Gasteiger partial charge in [0.1, 0.15) is 11.6 Å². The first-order chi connectivity index (χ1) is 17.4. The van der Waals surface area contributed by atoms with Crippen LogP contribution in [0.15, 0.2) is 36.4 Å². The third kappa shape index (κ3) is 4.28. The Morgan fingerprint density at radius 2 is 1.61 bits per heavy atom. The van der Waals surface area contributed by atoms with E-state index in [0.29, 0.717) is 41.1 Å². The minimum atomic E-state index is -0.303. The van der Waals surface area contributed by atoms with E-state index in [1.807, 2.05) is 12.1 Å². The lowest BCUT2D eigenvalue weighted by molar-refractivity contribution is 0.210. The SMILES string of the molecule is COc1cc([C@@H](c2sc3nc(C)nn3c2O)N2CCN(c3ccc(F)cc3)CC2)cc(OC)c1OC. The molecule has 4 aromatic rings. The summed E-state index contributed by atoms with van der Waals surface area (Å²) in [6.45, 7) is 4.71. The first-order valence-electron chi connectivity index (χ1n) is 11.5. The molecular weight excluding hydrogens is 485 g/mol. The topological polar surface area (TPSA) is 84.6 Å². The van der Waals surface area contributed by atoms with Gasteiger partial charge in [0.15, 0.2) is 11.5 Å².